The van der Waals surface area contributed by atoms with Gasteiger partial charge in [-0.3, -0.25) is 4.90 Å². The fraction of sp³-hybridized carbons (Fsp3) is 0.571. The van der Waals surface area contributed by atoms with Gasteiger partial charge < -0.3 is 0 Å². The van der Waals surface area contributed by atoms with E-state index < -0.39 is 0 Å². The predicted molar refractivity (Wildman–Crippen MR) is 67.0 cm³/mol. The molecular weight excluding hydrogens is 182 g/mol. The van der Waals surface area contributed by atoms with E-state index in [0.717, 1.165) is 6.54 Å². The van der Waals surface area contributed by atoms with Crippen LogP contribution < -0.4 is 0 Å². The van der Waals surface area contributed by atoms with Gasteiger partial charge in [0.1, 0.15) is 0 Å². The molecule has 1 rings (SSSR count). The van der Waals surface area contributed by atoms with Gasteiger partial charge in [-0.1, -0.05) is 43.7 Å². The van der Waals surface area contributed by atoms with Gasteiger partial charge in [0.25, 0.3) is 0 Å². The van der Waals surface area contributed by atoms with Gasteiger partial charge in [-0.15, -0.1) is 0 Å². The lowest BCUT2D eigenvalue weighted by atomic mass is 10.1. The topological polar surface area (TPSA) is 3.24 Å². The average molecular weight is 205 g/mol. The van der Waals surface area contributed by atoms with Crippen molar-refractivity contribution in [2.45, 2.75) is 40.2 Å². The van der Waals surface area contributed by atoms with Crippen LogP contribution in [0.25, 0.3) is 0 Å². The maximum Gasteiger partial charge on any atom is 0.0233 e. The summed E-state index contributed by atoms with van der Waals surface area (Å²) >= 11 is 0. The molecule has 0 spiro atoms. The predicted octanol–water partition coefficient (Wildman–Crippen LogP) is 3.62. The smallest absolute Gasteiger partial charge is 0.0233 e. The first-order valence-electron chi connectivity index (χ1n) is 6.04. The normalized spacial score (nSPS) is 10.9. The fourth-order valence-corrected chi connectivity index (χ4v) is 1.97. The summed E-state index contributed by atoms with van der Waals surface area (Å²) in [6.45, 7) is 10.2. The van der Waals surface area contributed by atoms with Crippen LogP contribution in [0.4, 0.5) is 0 Å². The molecule has 0 unspecified atom stereocenters. The molecule has 0 saturated heterocycles. The molecular formula is C14H23N. The highest BCUT2D eigenvalue weighted by atomic mass is 15.1. The highest BCUT2D eigenvalue weighted by Gasteiger charge is 2.03. The fourth-order valence-electron chi connectivity index (χ4n) is 1.97. The quantitative estimate of drug-likeness (QED) is 0.685. The van der Waals surface area contributed by atoms with E-state index in [9.17, 15) is 0 Å². The molecule has 15 heavy (non-hydrogen) atoms. The Morgan fingerprint density at radius 3 is 2.27 bits per heavy atom. The third-order valence-electron chi connectivity index (χ3n) is 2.57. The van der Waals surface area contributed by atoms with Gasteiger partial charge in [0.2, 0.25) is 0 Å². The van der Waals surface area contributed by atoms with Gasteiger partial charge in [0.15, 0.2) is 0 Å². The molecule has 1 heteroatoms. The summed E-state index contributed by atoms with van der Waals surface area (Å²) in [5.41, 5.74) is 2.80. The van der Waals surface area contributed by atoms with Gasteiger partial charge in [0.05, 0.1) is 0 Å². The molecule has 0 radical (unpaired) electrons. The molecule has 0 aliphatic rings. The Morgan fingerprint density at radius 2 is 1.73 bits per heavy atom. The Hall–Kier alpha value is -0.820. The molecule has 0 heterocycles. The third-order valence-corrected chi connectivity index (χ3v) is 2.57. The van der Waals surface area contributed by atoms with E-state index in [-0.39, 0.29) is 0 Å². The molecule has 0 aliphatic heterocycles. The van der Waals surface area contributed by atoms with Crippen molar-refractivity contribution in [1.29, 1.82) is 0 Å². The van der Waals surface area contributed by atoms with Crippen LogP contribution in [-0.2, 0) is 6.54 Å². The molecule has 0 saturated carbocycles. The molecule has 0 atom stereocenters. The van der Waals surface area contributed by atoms with E-state index in [0.29, 0.717) is 0 Å². The summed E-state index contributed by atoms with van der Waals surface area (Å²) in [6.07, 6.45) is 2.48. The summed E-state index contributed by atoms with van der Waals surface area (Å²) in [5.74, 6) is 0. The number of hydrogen-bond acceptors (Lipinski definition) is 1. The van der Waals surface area contributed by atoms with E-state index >= 15 is 0 Å². The molecule has 1 nitrogen and oxygen atoms in total. The van der Waals surface area contributed by atoms with Gasteiger partial charge in [-0.2, -0.15) is 0 Å². The number of nitrogens with zero attached hydrogens (tertiary/aromatic N) is 1. The number of hydrogen-bond donors (Lipinski definition) is 0. The van der Waals surface area contributed by atoms with E-state index in [4.69, 9.17) is 0 Å². The zero-order chi connectivity index (χ0) is 11.1. The van der Waals surface area contributed by atoms with E-state index in [2.05, 4.69) is 49.9 Å². The van der Waals surface area contributed by atoms with Crippen LogP contribution in [0.5, 0.6) is 0 Å². The van der Waals surface area contributed by atoms with Crippen molar-refractivity contribution in [3.63, 3.8) is 0 Å². The van der Waals surface area contributed by atoms with Crippen LogP contribution in [-0.4, -0.2) is 18.0 Å². The first-order valence-corrected chi connectivity index (χ1v) is 6.04. The molecule has 0 amide bonds. The SMILES string of the molecule is CCCN(CCC)Cc1cccc(C)c1. The lowest BCUT2D eigenvalue weighted by Gasteiger charge is -2.21. The van der Waals surface area contributed by atoms with Crippen LogP contribution in [0.3, 0.4) is 0 Å². The second kappa shape index (κ2) is 6.62. The summed E-state index contributed by atoms with van der Waals surface area (Å²) in [6, 6.07) is 8.83. The Kier molecular flexibility index (Phi) is 5.41. The van der Waals surface area contributed by atoms with E-state index in [1.54, 1.807) is 0 Å². The maximum atomic E-state index is 2.54. The Morgan fingerprint density at radius 1 is 1.07 bits per heavy atom. The van der Waals surface area contributed by atoms with Crippen LogP contribution >= 0.6 is 0 Å². The van der Waals surface area contributed by atoms with E-state index in [1.165, 1.54) is 37.1 Å². The van der Waals surface area contributed by atoms with Gasteiger partial charge >= 0.3 is 0 Å². The van der Waals surface area contributed by atoms with Gasteiger partial charge in [-0.25, -0.2) is 0 Å². The Labute approximate surface area is 94.1 Å². The highest BCUT2D eigenvalue weighted by Crippen LogP contribution is 2.08. The van der Waals surface area contributed by atoms with Crippen LogP contribution in [0.1, 0.15) is 37.8 Å². The number of benzene rings is 1. The lowest BCUT2D eigenvalue weighted by Crippen LogP contribution is -2.24. The number of aryl methyl sites for hydroxylation is 1. The molecule has 1 aromatic carbocycles. The first kappa shape index (κ1) is 12.3. The van der Waals surface area contributed by atoms with Crippen molar-refractivity contribution in [3.8, 4) is 0 Å². The van der Waals surface area contributed by atoms with Crippen molar-refractivity contribution < 1.29 is 0 Å². The molecule has 0 fully saturated rings. The summed E-state index contributed by atoms with van der Waals surface area (Å²) in [7, 11) is 0. The molecule has 0 bridgehead atoms. The number of rotatable bonds is 6. The summed E-state index contributed by atoms with van der Waals surface area (Å²) in [5, 5.41) is 0. The highest BCUT2D eigenvalue weighted by molar-refractivity contribution is 5.22. The first-order chi connectivity index (χ1) is 7.26. The van der Waals surface area contributed by atoms with Crippen LogP contribution in [0.2, 0.25) is 0 Å². The van der Waals surface area contributed by atoms with Crippen molar-refractivity contribution in [1.82, 2.24) is 4.90 Å². The zero-order valence-corrected chi connectivity index (χ0v) is 10.3. The molecule has 0 N–H and O–H groups in total. The second-order valence-electron chi connectivity index (χ2n) is 4.27. The van der Waals surface area contributed by atoms with Gasteiger partial charge in [0, 0.05) is 6.54 Å². The van der Waals surface area contributed by atoms with Crippen molar-refractivity contribution >= 4 is 0 Å². The molecule has 0 aromatic heterocycles. The largest absolute Gasteiger partial charge is 0.299 e. The monoisotopic (exact) mass is 205 g/mol. The van der Waals surface area contributed by atoms with Crippen molar-refractivity contribution in [3.05, 3.63) is 35.4 Å². The standard InChI is InChI=1S/C14H23N/c1-4-9-15(10-5-2)12-14-8-6-7-13(3)11-14/h6-8,11H,4-5,9-10,12H2,1-3H3. The van der Waals surface area contributed by atoms with Gasteiger partial charge in [-0.05, 0) is 38.4 Å². The van der Waals surface area contributed by atoms with Crippen molar-refractivity contribution in [2.75, 3.05) is 13.1 Å². The summed E-state index contributed by atoms with van der Waals surface area (Å²) < 4.78 is 0. The zero-order valence-electron chi connectivity index (χ0n) is 10.3. The lowest BCUT2D eigenvalue weighted by molar-refractivity contribution is 0.266. The van der Waals surface area contributed by atoms with Crippen LogP contribution in [0.15, 0.2) is 24.3 Å². The maximum absolute atomic E-state index is 2.54. The molecule has 0 aliphatic carbocycles. The van der Waals surface area contributed by atoms with E-state index in [1.807, 2.05) is 0 Å². The van der Waals surface area contributed by atoms with Crippen molar-refractivity contribution in [2.24, 2.45) is 0 Å². The Balaban J connectivity index is 2.56. The minimum atomic E-state index is 1.10. The Bertz CT molecular complexity index is 274. The minimum Gasteiger partial charge on any atom is -0.299 e. The molecule has 84 valence electrons. The summed E-state index contributed by atoms with van der Waals surface area (Å²) in [4.78, 5) is 2.54. The minimum absolute atomic E-state index is 1.10. The third kappa shape index (κ3) is 4.48. The van der Waals surface area contributed by atoms with Crippen LogP contribution in [0, 0.1) is 6.92 Å². The second-order valence-corrected chi connectivity index (χ2v) is 4.27. The molecule has 1 aromatic rings. The average Bonchev–Trinajstić information content (AvgIpc) is 2.18.